The SMILES string of the molecule is C#CC1CC(=O)N(CC(=C)C)C1. The highest BCUT2D eigenvalue weighted by atomic mass is 16.2. The molecule has 1 rings (SSSR count). The number of rotatable bonds is 2. The highest BCUT2D eigenvalue weighted by Gasteiger charge is 2.27. The topological polar surface area (TPSA) is 20.3 Å². The number of likely N-dealkylation sites (tertiary alicyclic amines) is 1. The molecule has 0 bridgehead atoms. The van der Waals surface area contributed by atoms with Crippen LogP contribution in [0.15, 0.2) is 12.2 Å². The van der Waals surface area contributed by atoms with E-state index in [0.29, 0.717) is 19.5 Å². The van der Waals surface area contributed by atoms with Gasteiger partial charge in [0.25, 0.3) is 0 Å². The summed E-state index contributed by atoms with van der Waals surface area (Å²) in [6, 6.07) is 0. The van der Waals surface area contributed by atoms with Crippen molar-refractivity contribution in [3.63, 3.8) is 0 Å². The molecule has 1 saturated heterocycles. The van der Waals surface area contributed by atoms with Crippen LogP contribution >= 0.6 is 0 Å². The molecule has 0 aromatic carbocycles. The minimum atomic E-state index is 0.108. The van der Waals surface area contributed by atoms with Crippen molar-refractivity contribution in [1.29, 1.82) is 0 Å². The molecule has 0 spiro atoms. The quantitative estimate of drug-likeness (QED) is 0.440. The average Bonchev–Trinajstić information content (AvgIpc) is 2.31. The molecule has 0 radical (unpaired) electrons. The summed E-state index contributed by atoms with van der Waals surface area (Å²) < 4.78 is 0. The van der Waals surface area contributed by atoms with Crippen LogP contribution in [0.3, 0.4) is 0 Å². The Morgan fingerprint density at radius 1 is 1.92 bits per heavy atom. The summed E-state index contributed by atoms with van der Waals surface area (Å²) in [6.07, 6.45) is 5.74. The molecule has 2 heteroatoms. The van der Waals surface area contributed by atoms with Crippen LogP contribution in [0.1, 0.15) is 13.3 Å². The molecule has 1 amide bonds. The summed E-state index contributed by atoms with van der Waals surface area (Å²) in [5.41, 5.74) is 1.00. The molecule has 1 fully saturated rings. The second-order valence-corrected chi connectivity index (χ2v) is 3.30. The van der Waals surface area contributed by atoms with Gasteiger partial charge in [0.05, 0.1) is 0 Å². The Labute approximate surface area is 73.2 Å². The van der Waals surface area contributed by atoms with Crippen molar-refractivity contribution in [1.82, 2.24) is 4.90 Å². The first-order valence-electron chi connectivity index (χ1n) is 4.01. The molecule has 64 valence electrons. The number of carbonyl (C=O) groups is 1. The summed E-state index contributed by atoms with van der Waals surface area (Å²) in [5.74, 6) is 2.87. The summed E-state index contributed by atoms with van der Waals surface area (Å²) in [5, 5.41) is 0. The fraction of sp³-hybridized carbons (Fsp3) is 0.500. The summed E-state index contributed by atoms with van der Waals surface area (Å²) in [6.45, 7) is 7.02. The van der Waals surface area contributed by atoms with Crippen LogP contribution in [-0.4, -0.2) is 23.9 Å². The Kier molecular flexibility index (Phi) is 2.54. The Morgan fingerprint density at radius 3 is 3.00 bits per heavy atom. The first kappa shape index (κ1) is 8.86. The van der Waals surface area contributed by atoms with E-state index in [0.717, 1.165) is 5.57 Å². The van der Waals surface area contributed by atoms with E-state index in [9.17, 15) is 4.79 Å². The minimum Gasteiger partial charge on any atom is -0.337 e. The van der Waals surface area contributed by atoms with Gasteiger partial charge >= 0.3 is 0 Å². The minimum absolute atomic E-state index is 0.108. The second kappa shape index (κ2) is 3.44. The fourth-order valence-electron chi connectivity index (χ4n) is 1.36. The highest BCUT2D eigenvalue weighted by Crippen LogP contribution is 2.17. The van der Waals surface area contributed by atoms with Gasteiger partial charge in [-0.1, -0.05) is 12.2 Å². The Morgan fingerprint density at radius 2 is 2.58 bits per heavy atom. The Bertz CT molecular complexity index is 249. The Balaban J connectivity index is 2.53. The number of hydrogen-bond acceptors (Lipinski definition) is 1. The predicted octanol–water partition coefficient (Wildman–Crippen LogP) is 1.04. The monoisotopic (exact) mass is 163 g/mol. The van der Waals surface area contributed by atoms with Crippen molar-refractivity contribution in [2.24, 2.45) is 5.92 Å². The van der Waals surface area contributed by atoms with E-state index in [1.165, 1.54) is 0 Å². The van der Waals surface area contributed by atoms with Crippen LogP contribution < -0.4 is 0 Å². The van der Waals surface area contributed by atoms with Gasteiger partial charge in [-0.15, -0.1) is 12.3 Å². The lowest BCUT2D eigenvalue weighted by molar-refractivity contribution is -0.127. The van der Waals surface area contributed by atoms with Gasteiger partial charge in [0.1, 0.15) is 0 Å². The zero-order valence-corrected chi connectivity index (χ0v) is 7.34. The van der Waals surface area contributed by atoms with Crippen LogP contribution in [0.25, 0.3) is 0 Å². The van der Waals surface area contributed by atoms with Crippen molar-refractivity contribution in [3.8, 4) is 12.3 Å². The maximum Gasteiger partial charge on any atom is 0.224 e. The molecule has 0 saturated carbocycles. The Hall–Kier alpha value is -1.23. The molecule has 1 aliphatic rings. The molecule has 1 unspecified atom stereocenters. The van der Waals surface area contributed by atoms with E-state index in [1.54, 1.807) is 4.90 Å². The van der Waals surface area contributed by atoms with Crippen LogP contribution in [0.4, 0.5) is 0 Å². The summed E-state index contributed by atoms with van der Waals surface area (Å²) in [4.78, 5) is 13.0. The van der Waals surface area contributed by atoms with Crippen molar-refractivity contribution in [2.75, 3.05) is 13.1 Å². The van der Waals surface area contributed by atoms with Crippen molar-refractivity contribution in [2.45, 2.75) is 13.3 Å². The summed E-state index contributed by atoms with van der Waals surface area (Å²) >= 11 is 0. The maximum atomic E-state index is 11.3. The third-order valence-corrected chi connectivity index (χ3v) is 1.91. The van der Waals surface area contributed by atoms with Gasteiger partial charge in [-0.3, -0.25) is 4.79 Å². The van der Waals surface area contributed by atoms with E-state index < -0.39 is 0 Å². The van der Waals surface area contributed by atoms with Gasteiger partial charge in [0.15, 0.2) is 0 Å². The molecular weight excluding hydrogens is 150 g/mol. The molecular formula is C10H13NO. The molecule has 0 aliphatic carbocycles. The van der Waals surface area contributed by atoms with E-state index in [1.807, 2.05) is 6.92 Å². The molecule has 1 heterocycles. The molecule has 0 aromatic heterocycles. The van der Waals surface area contributed by atoms with Gasteiger partial charge in [-0.25, -0.2) is 0 Å². The lowest BCUT2D eigenvalue weighted by atomic mass is 10.1. The van der Waals surface area contributed by atoms with Crippen LogP contribution in [0.5, 0.6) is 0 Å². The van der Waals surface area contributed by atoms with E-state index in [-0.39, 0.29) is 11.8 Å². The van der Waals surface area contributed by atoms with Gasteiger partial charge < -0.3 is 4.90 Å². The molecule has 0 N–H and O–H groups in total. The lowest BCUT2D eigenvalue weighted by Crippen LogP contribution is -2.26. The predicted molar refractivity (Wildman–Crippen MR) is 48.3 cm³/mol. The standard InChI is InChI=1S/C10H13NO/c1-4-9-5-10(12)11(7-9)6-8(2)3/h1,9H,2,5-7H2,3H3. The van der Waals surface area contributed by atoms with Gasteiger partial charge in [-0.2, -0.15) is 0 Å². The van der Waals surface area contributed by atoms with Gasteiger partial charge in [0.2, 0.25) is 5.91 Å². The largest absolute Gasteiger partial charge is 0.337 e. The third-order valence-electron chi connectivity index (χ3n) is 1.91. The smallest absolute Gasteiger partial charge is 0.224 e. The van der Waals surface area contributed by atoms with Crippen molar-refractivity contribution < 1.29 is 4.79 Å². The fourth-order valence-corrected chi connectivity index (χ4v) is 1.36. The number of nitrogens with zero attached hydrogens (tertiary/aromatic N) is 1. The molecule has 12 heavy (non-hydrogen) atoms. The van der Waals surface area contributed by atoms with E-state index >= 15 is 0 Å². The summed E-state index contributed by atoms with van der Waals surface area (Å²) in [7, 11) is 0. The molecule has 2 nitrogen and oxygen atoms in total. The van der Waals surface area contributed by atoms with Crippen molar-refractivity contribution in [3.05, 3.63) is 12.2 Å². The first-order chi connectivity index (χ1) is 5.63. The van der Waals surface area contributed by atoms with Gasteiger partial charge in [0, 0.05) is 25.4 Å². The lowest BCUT2D eigenvalue weighted by Gasteiger charge is -2.14. The number of carbonyl (C=O) groups excluding carboxylic acids is 1. The first-order valence-corrected chi connectivity index (χ1v) is 4.01. The average molecular weight is 163 g/mol. The maximum absolute atomic E-state index is 11.3. The van der Waals surface area contributed by atoms with E-state index in [4.69, 9.17) is 6.42 Å². The highest BCUT2D eigenvalue weighted by molar-refractivity contribution is 5.79. The van der Waals surface area contributed by atoms with Crippen LogP contribution in [0.2, 0.25) is 0 Å². The third kappa shape index (κ3) is 1.88. The number of amides is 1. The molecule has 1 aliphatic heterocycles. The van der Waals surface area contributed by atoms with Crippen LogP contribution in [0, 0.1) is 18.3 Å². The van der Waals surface area contributed by atoms with E-state index in [2.05, 4.69) is 12.5 Å². The normalized spacial score (nSPS) is 22.5. The number of terminal acetylenes is 1. The van der Waals surface area contributed by atoms with Crippen molar-refractivity contribution >= 4 is 5.91 Å². The zero-order valence-electron chi connectivity index (χ0n) is 7.34. The second-order valence-electron chi connectivity index (χ2n) is 3.30. The molecule has 0 aromatic rings. The van der Waals surface area contributed by atoms with Gasteiger partial charge in [-0.05, 0) is 6.92 Å². The molecule has 1 atom stereocenters. The number of hydrogen-bond donors (Lipinski definition) is 0. The van der Waals surface area contributed by atoms with Crippen LogP contribution in [-0.2, 0) is 4.79 Å². The zero-order chi connectivity index (χ0) is 9.14.